The topological polar surface area (TPSA) is 63.8 Å². The van der Waals surface area contributed by atoms with E-state index in [4.69, 9.17) is 4.42 Å². The molecule has 2 rings (SSSR count). The third-order valence-corrected chi connectivity index (χ3v) is 2.16. The second-order valence-corrected chi connectivity index (χ2v) is 3.76. The molecule has 2 heterocycles. The third-order valence-electron chi connectivity index (χ3n) is 1.72. The van der Waals surface area contributed by atoms with E-state index in [2.05, 4.69) is 36.2 Å². The van der Waals surface area contributed by atoms with Crippen LogP contribution in [-0.2, 0) is 6.54 Å². The number of rotatable bonds is 3. The van der Waals surface area contributed by atoms with Crippen molar-refractivity contribution in [3.8, 4) is 0 Å². The Bertz CT molecular complexity index is 457. The van der Waals surface area contributed by atoms with Crippen molar-refractivity contribution < 1.29 is 4.42 Å². The largest absolute Gasteiger partial charge is 0.444 e. The highest BCUT2D eigenvalue weighted by atomic mass is 79.9. The van der Waals surface area contributed by atoms with Crippen LogP contribution in [0.4, 0.5) is 5.82 Å². The molecule has 0 atom stereocenters. The van der Waals surface area contributed by atoms with Crippen molar-refractivity contribution in [1.29, 1.82) is 0 Å². The molecule has 0 saturated heterocycles. The van der Waals surface area contributed by atoms with Crippen LogP contribution in [0.1, 0.15) is 11.7 Å². The molecule has 0 saturated carbocycles. The van der Waals surface area contributed by atoms with Gasteiger partial charge < -0.3 is 9.73 Å². The van der Waals surface area contributed by atoms with Gasteiger partial charge in [-0.25, -0.2) is 15.0 Å². The van der Waals surface area contributed by atoms with Crippen LogP contribution in [0.5, 0.6) is 0 Å². The summed E-state index contributed by atoms with van der Waals surface area (Å²) < 4.78 is 6.05. The molecule has 0 radical (unpaired) electrons. The Kier molecular flexibility index (Phi) is 2.96. The monoisotopic (exact) mass is 268 g/mol. The molecule has 15 heavy (non-hydrogen) atoms. The van der Waals surface area contributed by atoms with Crippen molar-refractivity contribution in [2.75, 3.05) is 5.32 Å². The predicted octanol–water partition coefficient (Wildman–Crippen LogP) is 2.15. The Morgan fingerprint density at radius 3 is 2.93 bits per heavy atom. The fourth-order valence-corrected chi connectivity index (χ4v) is 1.39. The maximum absolute atomic E-state index is 5.31. The summed E-state index contributed by atoms with van der Waals surface area (Å²) in [5.74, 6) is 2.17. The number of oxazole rings is 1. The van der Waals surface area contributed by atoms with Crippen LogP contribution in [0, 0.1) is 6.92 Å². The molecule has 0 bridgehead atoms. The van der Waals surface area contributed by atoms with Crippen LogP contribution in [0.2, 0.25) is 0 Å². The highest BCUT2D eigenvalue weighted by Crippen LogP contribution is 2.10. The van der Waals surface area contributed by atoms with Gasteiger partial charge in [-0.1, -0.05) is 0 Å². The molecule has 2 aromatic rings. The van der Waals surface area contributed by atoms with Gasteiger partial charge in [-0.15, -0.1) is 0 Å². The van der Waals surface area contributed by atoms with E-state index < -0.39 is 0 Å². The molecule has 2 aromatic heterocycles. The molecule has 0 spiro atoms. The lowest BCUT2D eigenvalue weighted by Crippen LogP contribution is -2.01. The summed E-state index contributed by atoms with van der Waals surface area (Å²) in [4.78, 5) is 12.0. The number of nitrogens with one attached hydrogen (secondary N) is 1. The minimum atomic E-state index is 0.511. The first-order valence-electron chi connectivity index (χ1n) is 4.37. The summed E-state index contributed by atoms with van der Waals surface area (Å²) in [6.07, 6.45) is 3.17. The van der Waals surface area contributed by atoms with E-state index >= 15 is 0 Å². The van der Waals surface area contributed by atoms with Crippen molar-refractivity contribution >= 4 is 21.7 Å². The van der Waals surface area contributed by atoms with Gasteiger partial charge in [0.1, 0.15) is 22.5 Å². The smallest absolute Gasteiger partial charge is 0.213 e. The van der Waals surface area contributed by atoms with Crippen LogP contribution < -0.4 is 5.32 Å². The second kappa shape index (κ2) is 4.39. The van der Waals surface area contributed by atoms with Gasteiger partial charge in [0.25, 0.3) is 0 Å². The molecular formula is C9H9BrN4O. The molecule has 1 N–H and O–H groups in total. The molecule has 0 aliphatic heterocycles. The van der Waals surface area contributed by atoms with E-state index in [1.54, 1.807) is 12.3 Å². The molecule has 0 aliphatic carbocycles. The summed E-state index contributed by atoms with van der Waals surface area (Å²) in [6.45, 7) is 2.37. The first-order chi connectivity index (χ1) is 7.24. The number of halogens is 1. The zero-order valence-corrected chi connectivity index (χ0v) is 9.65. The quantitative estimate of drug-likeness (QED) is 0.865. The lowest BCUT2D eigenvalue weighted by molar-refractivity contribution is 0.479. The van der Waals surface area contributed by atoms with Crippen LogP contribution in [0.25, 0.3) is 0 Å². The van der Waals surface area contributed by atoms with Gasteiger partial charge in [0.05, 0.1) is 12.7 Å². The molecule has 78 valence electrons. The lowest BCUT2D eigenvalue weighted by atomic mass is 10.5. The average Bonchev–Trinajstić information content (AvgIpc) is 2.62. The van der Waals surface area contributed by atoms with Crippen LogP contribution in [0.15, 0.2) is 27.6 Å². The van der Waals surface area contributed by atoms with Crippen molar-refractivity contribution in [3.05, 3.63) is 34.8 Å². The summed E-state index contributed by atoms with van der Waals surface area (Å²) >= 11 is 3.26. The van der Waals surface area contributed by atoms with Crippen molar-refractivity contribution in [2.24, 2.45) is 0 Å². The molecule has 0 fully saturated rings. The van der Waals surface area contributed by atoms with Crippen molar-refractivity contribution in [1.82, 2.24) is 15.0 Å². The van der Waals surface area contributed by atoms with E-state index in [0.717, 1.165) is 16.2 Å². The molecular weight excluding hydrogens is 260 g/mol. The predicted molar refractivity (Wildman–Crippen MR) is 58.3 cm³/mol. The first kappa shape index (κ1) is 10.1. The highest BCUT2D eigenvalue weighted by Gasteiger charge is 2.01. The van der Waals surface area contributed by atoms with Gasteiger partial charge in [0.2, 0.25) is 5.89 Å². The average molecular weight is 269 g/mol. The molecule has 0 aromatic carbocycles. The minimum absolute atomic E-state index is 0.511. The van der Waals surface area contributed by atoms with Gasteiger partial charge in [0.15, 0.2) is 0 Å². The second-order valence-electron chi connectivity index (χ2n) is 2.94. The van der Waals surface area contributed by atoms with Crippen molar-refractivity contribution in [3.63, 3.8) is 0 Å². The van der Waals surface area contributed by atoms with E-state index in [1.165, 1.54) is 6.33 Å². The minimum Gasteiger partial charge on any atom is -0.444 e. The summed E-state index contributed by atoms with van der Waals surface area (Å²) in [6, 6.07) is 1.79. The Balaban J connectivity index is 1.99. The number of aryl methyl sites for hydroxylation is 1. The van der Waals surface area contributed by atoms with Gasteiger partial charge in [0, 0.05) is 6.07 Å². The Morgan fingerprint density at radius 1 is 1.40 bits per heavy atom. The first-order valence-corrected chi connectivity index (χ1v) is 5.16. The molecule has 5 nitrogen and oxygen atoms in total. The maximum Gasteiger partial charge on any atom is 0.213 e. The van der Waals surface area contributed by atoms with Crippen LogP contribution in [0.3, 0.4) is 0 Å². The van der Waals surface area contributed by atoms with Gasteiger partial charge in [-0.05, 0) is 22.9 Å². The fraction of sp³-hybridized carbons (Fsp3) is 0.222. The normalized spacial score (nSPS) is 10.3. The van der Waals surface area contributed by atoms with Gasteiger partial charge >= 0.3 is 0 Å². The summed E-state index contributed by atoms with van der Waals surface area (Å²) in [7, 11) is 0. The number of hydrogen-bond acceptors (Lipinski definition) is 5. The van der Waals surface area contributed by atoms with E-state index in [9.17, 15) is 0 Å². The highest BCUT2D eigenvalue weighted by molar-refractivity contribution is 9.10. The molecule has 0 unspecified atom stereocenters. The Morgan fingerprint density at radius 2 is 2.27 bits per heavy atom. The zero-order valence-electron chi connectivity index (χ0n) is 8.07. The van der Waals surface area contributed by atoms with E-state index in [0.29, 0.717) is 12.4 Å². The Hall–Kier alpha value is -1.43. The fourth-order valence-electron chi connectivity index (χ4n) is 1.08. The number of anilines is 1. The maximum atomic E-state index is 5.31. The lowest BCUT2D eigenvalue weighted by Gasteiger charge is -2.01. The molecule has 6 heteroatoms. The van der Waals surface area contributed by atoms with Crippen LogP contribution in [-0.4, -0.2) is 15.0 Å². The molecule has 0 aliphatic rings. The van der Waals surface area contributed by atoms with Gasteiger partial charge in [-0.2, -0.15) is 0 Å². The van der Waals surface area contributed by atoms with Crippen molar-refractivity contribution in [2.45, 2.75) is 13.5 Å². The zero-order chi connectivity index (χ0) is 10.7. The number of hydrogen-bond donors (Lipinski definition) is 1. The standard InChI is InChI=1S/C9H9BrN4O/c1-6-3-12-9(15-6)4-11-8-2-7(10)13-5-14-8/h2-3,5H,4H2,1H3,(H,11,13,14). The number of aromatic nitrogens is 3. The van der Waals surface area contributed by atoms with E-state index in [1.807, 2.05) is 6.92 Å². The number of nitrogens with zero attached hydrogens (tertiary/aromatic N) is 3. The SMILES string of the molecule is Cc1cnc(CNc2cc(Br)ncn2)o1. The van der Waals surface area contributed by atoms with Gasteiger partial charge in [-0.3, -0.25) is 0 Å². The van der Waals surface area contributed by atoms with Crippen LogP contribution >= 0.6 is 15.9 Å². The third kappa shape index (κ3) is 2.76. The molecule has 0 amide bonds. The summed E-state index contributed by atoms with van der Waals surface area (Å²) in [5, 5.41) is 3.08. The summed E-state index contributed by atoms with van der Waals surface area (Å²) in [5.41, 5.74) is 0. The Labute approximate surface area is 95.1 Å². The van der Waals surface area contributed by atoms with E-state index in [-0.39, 0.29) is 0 Å².